The molecule has 2 heterocycles. The molecular weight excluding hydrogens is 369 g/mol. The molecule has 2 aromatic carbocycles. The first kappa shape index (κ1) is 18.0. The summed E-state index contributed by atoms with van der Waals surface area (Å²) in [6.45, 7) is 0.899. The summed E-state index contributed by atoms with van der Waals surface area (Å²) in [5.74, 6) is 0.151. The van der Waals surface area contributed by atoms with Gasteiger partial charge in [0.25, 0.3) is 0 Å². The summed E-state index contributed by atoms with van der Waals surface area (Å²) in [4.78, 5) is 26.8. The molecule has 0 bridgehead atoms. The van der Waals surface area contributed by atoms with Crippen LogP contribution in [0.3, 0.4) is 0 Å². The zero-order valence-corrected chi connectivity index (χ0v) is 15.5. The van der Waals surface area contributed by atoms with Gasteiger partial charge in [-0.15, -0.1) is 0 Å². The van der Waals surface area contributed by atoms with Crippen LogP contribution in [0.4, 0.5) is 4.39 Å². The van der Waals surface area contributed by atoms with Crippen LogP contribution in [-0.2, 0) is 11.2 Å². The van der Waals surface area contributed by atoms with E-state index in [9.17, 15) is 14.0 Å². The molecule has 0 radical (unpaired) electrons. The number of hydrogen-bond donors (Lipinski definition) is 0. The zero-order chi connectivity index (χ0) is 19.0. The van der Waals surface area contributed by atoms with Crippen molar-refractivity contribution in [1.82, 2.24) is 4.90 Å². The second kappa shape index (κ2) is 6.97. The molecular formula is C21H19ClFNO3. The van der Waals surface area contributed by atoms with E-state index in [4.69, 9.17) is 16.3 Å². The molecule has 2 aromatic rings. The minimum Gasteiger partial charge on any atom is -0.484 e. The summed E-state index contributed by atoms with van der Waals surface area (Å²) in [5, 5.41) is 0.332. The number of ketones is 1. The molecule has 0 saturated carbocycles. The number of Topliss-reactive ketones (excluding diaryl/α,β-unsaturated/α-hetero) is 1. The number of carbonyl (C=O) groups excluding carboxylic acids is 2. The first-order valence-corrected chi connectivity index (χ1v) is 9.37. The molecule has 2 aliphatic heterocycles. The fourth-order valence-corrected chi connectivity index (χ4v) is 4.15. The van der Waals surface area contributed by atoms with E-state index in [1.807, 2.05) is 12.1 Å². The highest BCUT2D eigenvalue weighted by Gasteiger charge is 2.46. The van der Waals surface area contributed by atoms with Crippen molar-refractivity contribution in [3.05, 3.63) is 64.4 Å². The van der Waals surface area contributed by atoms with Gasteiger partial charge in [-0.05, 0) is 30.7 Å². The minimum atomic E-state index is -0.656. The maximum absolute atomic E-state index is 13.9. The summed E-state index contributed by atoms with van der Waals surface area (Å²) >= 11 is 6.03. The van der Waals surface area contributed by atoms with E-state index >= 15 is 0 Å². The van der Waals surface area contributed by atoms with Gasteiger partial charge in [-0.3, -0.25) is 9.59 Å². The van der Waals surface area contributed by atoms with Gasteiger partial charge in [0, 0.05) is 30.0 Å². The van der Waals surface area contributed by atoms with Crippen LogP contribution >= 0.6 is 11.6 Å². The van der Waals surface area contributed by atoms with Crippen LogP contribution < -0.4 is 4.74 Å². The summed E-state index contributed by atoms with van der Waals surface area (Å²) in [5.41, 5.74) is 0.304. The second-order valence-corrected chi connectivity index (χ2v) is 7.55. The van der Waals surface area contributed by atoms with Crippen molar-refractivity contribution in [3.8, 4) is 5.75 Å². The summed E-state index contributed by atoms with van der Waals surface area (Å²) in [6.07, 6.45) is 1.30. The van der Waals surface area contributed by atoms with Crippen molar-refractivity contribution in [1.29, 1.82) is 0 Å². The van der Waals surface area contributed by atoms with Gasteiger partial charge in [0.1, 0.15) is 17.2 Å². The topological polar surface area (TPSA) is 46.6 Å². The van der Waals surface area contributed by atoms with Gasteiger partial charge in [-0.25, -0.2) is 4.39 Å². The number of benzene rings is 2. The third-order valence-electron chi connectivity index (χ3n) is 5.32. The predicted octanol–water partition coefficient (Wildman–Crippen LogP) is 4.05. The van der Waals surface area contributed by atoms with E-state index in [1.54, 1.807) is 29.2 Å². The molecule has 1 amide bonds. The Hall–Kier alpha value is -2.40. The molecule has 140 valence electrons. The van der Waals surface area contributed by atoms with Gasteiger partial charge in [0.2, 0.25) is 5.91 Å². The Kier molecular flexibility index (Phi) is 4.64. The fourth-order valence-electron chi connectivity index (χ4n) is 3.89. The number of para-hydroxylation sites is 1. The molecule has 4 nitrogen and oxygen atoms in total. The lowest BCUT2D eigenvalue weighted by atomic mass is 9.89. The predicted molar refractivity (Wildman–Crippen MR) is 99.7 cm³/mol. The molecule has 2 aliphatic rings. The largest absolute Gasteiger partial charge is 0.484 e. The number of fused-ring (bicyclic) bond motifs is 1. The van der Waals surface area contributed by atoms with Gasteiger partial charge >= 0.3 is 0 Å². The Bertz CT molecular complexity index is 896. The highest BCUT2D eigenvalue weighted by Crippen LogP contribution is 2.38. The Labute approximate surface area is 161 Å². The maximum atomic E-state index is 13.9. The lowest BCUT2D eigenvalue weighted by Crippen LogP contribution is -2.45. The highest BCUT2D eigenvalue weighted by atomic mass is 35.5. The van der Waals surface area contributed by atoms with Gasteiger partial charge in [0.05, 0.1) is 18.5 Å². The average molecular weight is 388 g/mol. The van der Waals surface area contributed by atoms with Crippen LogP contribution in [0, 0.1) is 5.82 Å². The smallest absolute Gasteiger partial charge is 0.223 e. The lowest BCUT2D eigenvalue weighted by molar-refractivity contribution is -0.130. The number of likely N-dealkylation sites (tertiary alicyclic amines) is 1. The van der Waals surface area contributed by atoms with Crippen LogP contribution in [0.2, 0.25) is 5.02 Å². The average Bonchev–Trinajstić information content (AvgIpc) is 3.04. The SMILES string of the molecule is O=C1CC2(CCN(C(=O)CCc3c(F)cccc3Cl)C2)Oc2ccccc21. The number of halogens is 2. The zero-order valence-electron chi connectivity index (χ0n) is 14.7. The van der Waals surface area contributed by atoms with E-state index in [0.29, 0.717) is 41.4 Å². The van der Waals surface area contributed by atoms with Crippen molar-refractivity contribution in [2.24, 2.45) is 0 Å². The van der Waals surface area contributed by atoms with Gasteiger partial charge in [0.15, 0.2) is 5.78 Å². The highest BCUT2D eigenvalue weighted by molar-refractivity contribution is 6.31. The molecule has 0 aliphatic carbocycles. The van der Waals surface area contributed by atoms with Gasteiger partial charge in [-0.2, -0.15) is 0 Å². The second-order valence-electron chi connectivity index (χ2n) is 7.15. The summed E-state index contributed by atoms with van der Waals surface area (Å²) in [7, 11) is 0. The van der Waals surface area contributed by atoms with E-state index < -0.39 is 11.4 Å². The number of amides is 1. The molecule has 1 unspecified atom stereocenters. The lowest BCUT2D eigenvalue weighted by Gasteiger charge is -2.34. The first-order chi connectivity index (χ1) is 13.0. The van der Waals surface area contributed by atoms with Gasteiger partial charge < -0.3 is 9.64 Å². The van der Waals surface area contributed by atoms with Crippen LogP contribution in [0.15, 0.2) is 42.5 Å². The number of hydrogen-bond acceptors (Lipinski definition) is 3. The minimum absolute atomic E-state index is 0.0456. The third-order valence-corrected chi connectivity index (χ3v) is 5.67. The van der Waals surface area contributed by atoms with Crippen LogP contribution in [0.1, 0.15) is 35.2 Å². The van der Waals surface area contributed by atoms with Crippen molar-refractivity contribution >= 4 is 23.3 Å². The van der Waals surface area contributed by atoms with Crippen LogP contribution in [-0.4, -0.2) is 35.3 Å². The first-order valence-electron chi connectivity index (χ1n) is 8.99. The molecule has 27 heavy (non-hydrogen) atoms. The Balaban J connectivity index is 1.42. The third kappa shape index (κ3) is 3.44. The molecule has 6 heteroatoms. The quantitative estimate of drug-likeness (QED) is 0.798. The van der Waals surface area contributed by atoms with Gasteiger partial charge in [-0.1, -0.05) is 29.8 Å². The van der Waals surface area contributed by atoms with Crippen LogP contribution in [0.5, 0.6) is 5.75 Å². The Morgan fingerprint density at radius 3 is 2.85 bits per heavy atom. The summed E-state index contributed by atoms with van der Waals surface area (Å²) in [6, 6.07) is 11.7. The molecule has 1 saturated heterocycles. The molecule has 0 N–H and O–H groups in total. The number of rotatable bonds is 3. The van der Waals surface area contributed by atoms with E-state index in [1.165, 1.54) is 6.07 Å². The monoisotopic (exact) mass is 387 g/mol. The van der Waals surface area contributed by atoms with Crippen molar-refractivity contribution < 1.29 is 18.7 Å². The number of ether oxygens (including phenoxy) is 1. The van der Waals surface area contributed by atoms with E-state index in [0.717, 1.165) is 0 Å². The Morgan fingerprint density at radius 1 is 1.22 bits per heavy atom. The standard InChI is InChI=1S/C21H19ClFNO3/c22-16-5-3-6-17(23)14(16)8-9-20(26)24-11-10-21(13-24)12-18(25)15-4-1-2-7-19(15)27-21/h1-7H,8-13H2. The number of nitrogens with zero attached hydrogens (tertiary/aromatic N) is 1. The molecule has 4 rings (SSSR count). The Morgan fingerprint density at radius 2 is 2.04 bits per heavy atom. The normalized spacial score (nSPS) is 21.3. The molecule has 1 fully saturated rings. The van der Waals surface area contributed by atoms with Crippen molar-refractivity contribution in [2.75, 3.05) is 13.1 Å². The molecule has 1 atom stereocenters. The van der Waals surface area contributed by atoms with Crippen LogP contribution in [0.25, 0.3) is 0 Å². The van der Waals surface area contributed by atoms with Crippen molar-refractivity contribution in [3.63, 3.8) is 0 Å². The number of carbonyl (C=O) groups is 2. The van der Waals surface area contributed by atoms with E-state index in [2.05, 4.69) is 0 Å². The molecule has 0 aromatic heterocycles. The maximum Gasteiger partial charge on any atom is 0.223 e. The van der Waals surface area contributed by atoms with Crippen molar-refractivity contribution in [2.45, 2.75) is 31.3 Å². The summed E-state index contributed by atoms with van der Waals surface area (Å²) < 4.78 is 20.0. The fraction of sp³-hybridized carbons (Fsp3) is 0.333. The molecule has 1 spiro atoms. The van der Waals surface area contributed by atoms with E-state index in [-0.39, 0.29) is 31.0 Å².